The molecule has 0 saturated carbocycles. The summed E-state index contributed by atoms with van der Waals surface area (Å²) in [6.07, 6.45) is 5.84. The van der Waals surface area contributed by atoms with E-state index in [-0.39, 0.29) is 6.04 Å². The maximum absolute atomic E-state index is 8.27. The third-order valence-electron chi connectivity index (χ3n) is 1.64. The molecule has 6 heteroatoms. The molecule has 0 aliphatic rings. The second kappa shape index (κ2) is 4.89. The van der Waals surface area contributed by atoms with Gasteiger partial charge in [0, 0.05) is 10.2 Å². The second-order valence-corrected chi connectivity index (χ2v) is 3.44. The predicted octanol–water partition coefficient (Wildman–Crippen LogP) is 1.39. The largest absolute Gasteiger partial charge is 0.243 e. The van der Waals surface area contributed by atoms with Crippen molar-refractivity contribution in [3.8, 4) is 0 Å². The third-order valence-corrected chi connectivity index (χ3v) is 2.39. The van der Waals surface area contributed by atoms with E-state index < -0.39 is 0 Å². The first-order valence-corrected chi connectivity index (χ1v) is 4.99. The summed E-state index contributed by atoms with van der Waals surface area (Å²) in [5.41, 5.74) is 8.27. The smallest absolute Gasteiger partial charge is 0.240 e. The molecule has 0 aliphatic carbocycles. The number of aromatic nitrogens is 2. The van der Waals surface area contributed by atoms with Gasteiger partial charge in [0.25, 0.3) is 0 Å². The zero-order valence-corrected chi connectivity index (χ0v) is 8.92. The first kappa shape index (κ1) is 10.1. The zero-order valence-electron chi connectivity index (χ0n) is 7.34. The molecule has 0 radical (unpaired) electrons. The van der Waals surface area contributed by atoms with Crippen LogP contribution in [0.2, 0.25) is 0 Å². The van der Waals surface area contributed by atoms with Crippen LogP contribution >= 0.6 is 15.9 Å². The normalized spacial score (nSPS) is 12.2. The molecule has 0 aromatic carbocycles. The minimum atomic E-state index is -0.0302. The Labute approximate surface area is 84.7 Å². The number of rotatable bonds is 4. The molecule has 1 rings (SSSR count). The highest BCUT2D eigenvalue weighted by molar-refractivity contribution is 9.09. The molecule has 1 heterocycles. The monoisotopic (exact) mass is 244 g/mol. The Hall–Kier alpha value is -1.00. The summed E-state index contributed by atoms with van der Waals surface area (Å²) in [6, 6.07) is -0.0302. The van der Waals surface area contributed by atoms with Crippen LogP contribution in [0.3, 0.4) is 0 Å². The van der Waals surface area contributed by atoms with Crippen molar-refractivity contribution in [2.75, 3.05) is 5.33 Å². The van der Waals surface area contributed by atoms with Crippen molar-refractivity contribution in [2.45, 2.75) is 12.6 Å². The molecule has 0 bridgehead atoms. The van der Waals surface area contributed by atoms with Crippen LogP contribution in [-0.2, 0) is 13.6 Å². The molecule has 0 spiro atoms. The summed E-state index contributed by atoms with van der Waals surface area (Å²) in [7, 11) is 1.95. The maximum Gasteiger partial charge on any atom is 0.243 e. The summed E-state index contributed by atoms with van der Waals surface area (Å²) in [4.78, 5) is 2.78. The van der Waals surface area contributed by atoms with Gasteiger partial charge in [0.05, 0.1) is 19.6 Å². The molecule has 1 atom stereocenters. The molecule has 0 N–H and O–H groups in total. The Morgan fingerprint density at radius 1 is 1.77 bits per heavy atom. The van der Waals surface area contributed by atoms with Crippen molar-refractivity contribution < 1.29 is 4.57 Å². The maximum atomic E-state index is 8.27. The van der Waals surface area contributed by atoms with Gasteiger partial charge in [0.1, 0.15) is 12.4 Å². The first-order chi connectivity index (χ1) is 6.26. The average molecular weight is 245 g/mol. The molecule has 13 heavy (non-hydrogen) atoms. The Morgan fingerprint density at radius 3 is 3.00 bits per heavy atom. The molecule has 1 aromatic heterocycles. The number of halogens is 1. The fraction of sp³-hybridized carbons (Fsp3) is 0.571. The Kier molecular flexibility index (Phi) is 3.79. The molecule has 1 aromatic rings. The number of nitrogens with zero attached hydrogens (tertiary/aromatic N) is 5. The van der Waals surface area contributed by atoms with Gasteiger partial charge in [-0.3, -0.25) is 0 Å². The summed E-state index contributed by atoms with van der Waals surface area (Å²) in [6.45, 7) is 0.705. The van der Waals surface area contributed by atoms with Gasteiger partial charge in [-0.1, -0.05) is 21.0 Å². The van der Waals surface area contributed by atoms with Gasteiger partial charge in [-0.05, 0) is 5.53 Å². The van der Waals surface area contributed by atoms with E-state index in [1.165, 1.54) is 0 Å². The van der Waals surface area contributed by atoms with E-state index in [9.17, 15) is 0 Å². The van der Waals surface area contributed by atoms with Crippen LogP contribution in [0.1, 0.15) is 0 Å². The van der Waals surface area contributed by atoms with Gasteiger partial charge in [0.2, 0.25) is 6.33 Å². The Morgan fingerprint density at radius 2 is 2.54 bits per heavy atom. The van der Waals surface area contributed by atoms with Gasteiger partial charge in [-0.25, -0.2) is 9.13 Å². The summed E-state index contributed by atoms with van der Waals surface area (Å²) >= 11 is 3.30. The predicted molar refractivity (Wildman–Crippen MR) is 52.3 cm³/mol. The highest BCUT2D eigenvalue weighted by Gasteiger charge is 2.09. The number of hydrogen-bond acceptors (Lipinski definition) is 1. The van der Waals surface area contributed by atoms with E-state index in [0.29, 0.717) is 11.9 Å². The van der Waals surface area contributed by atoms with Crippen molar-refractivity contribution in [1.29, 1.82) is 0 Å². The van der Waals surface area contributed by atoms with Crippen molar-refractivity contribution in [3.05, 3.63) is 29.2 Å². The average Bonchev–Trinajstić information content (AvgIpc) is 2.50. The van der Waals surface area contributed by atoms with Crippen LogP contribution in [0, 0.1) is 0 Å². The lowest BCUT2D eigenvalue weighted by atomic mass is 10.3. The molecule has 5 nitrogen and oxygen atoms in total. The fourth-order valence-corrected chi connectivity index (χ4v) is 1.38. The van der Waals surface area contributed by atoms with E-state index in [4.69, 9.17) is 5.53 Å². The van der Waals surface area contributed by atoms with E-state index >= 15 is 0 Å². The number of aryl methyl sites for hydroxylation is 1. The molecule has 1 unspecified atom stereocenters. The Bertz CT molecular complexity index is 314. The lowest BCUT2D eigenvalue weighted by Crippen LogP contribution is -2.24. The molecule has 0 aliphatic heterocycles. The fourth-order valence-electron chi connectivity index (χ4n) is 1.04. The number of imidazole rings is 1. The first-order valence-electron chi connectivity index (χ1n) is 3.87. The van der Waals surface area contributed by atoms with E-state index in [1.807, 2.05) is 34.9 Å². The van der Waals surface area contributed by atoms with Gasteiger partial charge in [-0.2, -0.15) is 0 Å². The molecule has 0 amide bonds. The van der Waals surface area contributed by atoms with Gasteiger partial charge >= 0.3 is 0 Å². The van der Waals surface area contributed by atoms with Gasteiger partial charge < -0.3 is 0 Å². The number of hydrogen-bond donors (Lipinski definition) is 0. The minimum absolute atomic E-state index is 0.0302. The van der Waals surface area contributed by atoms with Gasteiger partial charge in [0.15, 0.2) is 0 Å². The number of azide groups is 1. The molecular weight excluding hydrogens is 234 g/mol. The van der Waals surface area contributed by atoms with Crippen molar-refractivity contribution in [1.82, 2.24) is 4.57 Å². The molecular formula is C7H11BrN5+. The highest BCUT2D eigenvalue weighted by Crippen LogP contribution is 2.00. The van der Waals surface area contributed by atoms with E-state index in [1.54, 1.807) is 0 Å². The van der Waals surface area contributed by atoms with Crippen LogP contribution in [-0.4, -0.2) is 15.9 Å². The van der Waals surface area contributed by atoms with Crippen molar-refractivity contribution in [2.24, 2.45) is 12.2 Å². The van der Waals surface area contributed by atoms with Crippen LogP contribution in [0.15, 0.2) is 23.8 Å². The SMILES string of the molecule is C[n+]1ccn(CC(CBr)N=[N+]=[N-])c1. The molecule has 70 valence electrons. The standard InChI is InChI=1S/C7H11BrN5/c1-12-2-3-13(6-12)5-7(4-8)10-11-9/h2-3,6-7H,4-5H2,1H3/q+1. The van der Waals surface area contributed by atoms with Crippen LogP contribution < -0.4 is 4.57 Å². The van der Waals surface area contributed by atoms with Crippen molar-refractivity contribution in [3.63, 3.8) is 0 Å². The zero-order chi connectivity index (χ0) is 9.68. The highest BCUT2D eigenvalue weighted by atomic mass is 79.9. The van der Waals surface area contributed by atoms with E-state index in [2.05, 4.69) is 26.0 Å². The second-order valence-electron chi connectivity index (χ2n) is 2.79. The van der Waals surface area contributed by atoms with Crippen molar-refractivity contribution >= 4 is 15.9 Å². The number of alkyl halides is 1. The van der Waals surface area contributed by atoms with Crippen LogP contribution in [0.4, 0.5) is 0 Å². The summed E-state index contributed by atoms with van der Waals surface area (Å²) in [5.74, 6) is 0. The summed E-state index contributed by atoms with van der Waals surface area (Å²) in [5, 5.41) is 4.33. The van der Waals surface area contributed by atoms with Gasteiger partial charge in [-0.15, -0.1) is 0 Å². The summed E-state index contributed by atoms with van der Waals surface area (Å²) < 4.78 is 3.93. The quantitative estimate of drug-likeness (QED) is 0.253. The molecule has 0 fully saturated rings. The third kappa shape index (κ3) is 3.08. The minimum Gasteiger partial charge on any atom is -0.240 e. The lowest BCUT2D eigenvalue weighted by molar-refractivity contribution is -0.671. The molecule has 0 saturated heterocycles. The Balaban J connectivity index is 2.61. The van der Waals surface area contributed by atoms with Crippen LogP contribution in [0.5, 0.6) is 0 Å². The topological polar surface area (TPSA) is 57.6 Å². The van der Waals surface area contributed by atoms with E-state index in [0.717, 1.165) is 0 Å². The van der Waals surface area contributed by atoms with Crippen LogP contribution in [0.25, 0.3) is 10.4 Å². The lowest BCUT2D eigenvalue weighted by Gasteiger charge is -2.02.